The van der Waals surface area contributed by atoms with Gasteiger partial charge >= 0.3 is 0 Å². The van der Waals surface area contributed by atoms with E-state index >= 15 is 0 Å². The van der Waals surface area contributed by atoms with Gasteiger partial charge in [-0.3, -0.25) is 14.4 Å². The highest BCUT2D eigenvalue weighted by Gasteiger charge is 2.50. The van der Waals surface area contributed by atoms with Gasteiger partial charge in [0.2, 0.25) is 0 Å². The molecule has 1 aromatic heterocycles. The van der Waals surface area contributed by atoms with Gasteiger partial charge in [0.1, 0.15) is 0 Å². The van der Waals surface area contributed by atoms with Crippen molar-refractivity contribution in [3.05, 3.63) is 58.9 Å². The van der Waals surface area contributed by atoms with E-state index in [1.807, 2.05) is 24.3 Å². The molecule has 2 aromatic rings. The standard InChI is InChI=1S/C20H27N7O2/c21-7-1-2-15-10-26(16-3-5-17(6-4-16)27(23)9-8-22)19(28)18(24-15)25-11-20(12-25)13-29-14-20/h3-6,8-10H,1-2,7,11-14,21-23H2/b9-8-. The Bertz CT molecular complexity index is 942. The van der Waals surface area contributed by atoms with E-state index in [4.69, 9.17) is 22.0 Å². The van der Waals surface area contributed by atoms with Gasteiger partial charge in [-0.1, -0.05) is 0 Å². The van der Waals surface area contributed by atoms with Crippen molar-refractivity contribution >= 4 is 11.5 Å². The Hall–Kier alpha value is -2.88. The summed E-state index contributed by atoms with van der Waals surface area (Å²) in [6.45, 7) is 3.72. The van der Waals surface area contributed by atoms with Gasteiger partial charge in [0.25, 0.3) is 5.56 Å². The van der Waals surface area contributed by atoms with Crippen molar-refractivity contribution in [1.29, 1.82) is 0 Å². The summed E-state index contributed by atoms with van der Waals surface area (Å²) in [7, 11) is 0. The van der Waals surface area contributed by atoms with E-state index in [9.17, 15) is 4.79 Å². The zero-order chi connectivity index (χ0) is 20.4. The van der Waals surface area contributed by atoms with Crippen LogP contribution in [0.4, 0.5) is 11.5 Å². The van der Waals surface area contributed by atoms with Crippen molar-refractivity contribution in [3.63, 3.8) is 0 Å². The molecule has 0 atom stereocenters. The number of hydrogen-bond donors (Lipinski definition) is 3. The molecule has 4 rings (SSSR count). The van der Waals surface area contributed by atoms with E-state index < -0.39 is 0 Å². The number of nitrogens with zero attached hydrogens (tertiary/aromatic N) is 4. The molecule has 0 saturated carbocycles. The first kappa shape index (κ1) is 19.4. The van der Waals surface area contributed by atoms with E-state index in [1.54, 1.807) is 17.0 Å². The van der Waals surface area contributed by atoms with Crippen LogP contribution in [0.15, 0.2) is 47.7 Å². The average Bonchev–Trinajstić information content (AvgIpc) is 2.66. The fourth-order valence-electron chi connectivity index (χ4n) is 3.78. The molecule has 1 aromatic carbocycles. The van der Waals surface area contributed by atoms with E-state index in [2.05, 4.69) is 9.88 Å². The summed E-state index contributed by atoms with van der Waals surface area (Å²) in [5.41, 5.74) is 13.5. The molecular formula is C20H27N7O2. The van der Waals surface area contributed by atoms with Gasteiger partial charge in [0.15, 0.2) is 5.82 Å². The van der Waals surface area contributed by atoms with Gasteiger partial charge in [-0.25, -0.2) is 10.8 Å². The van der Waals surface area contributed by atoms with Crippen LogP contribution in [-0.2, 0) is 11.2 Å². The average molecular weight is 397 g/mol. The van der Waals surface area contributed by atoms with Gasteiger partial charge in [0, 0.05) is 37.4 Å². The first-order chi connectivity index (χ1) is 14.0. The van der Waals surface area contributed by atoms with Crippen LogP contribution in [0.25, 0.3) is 5.69 Å². The monoisotopic (exact) mass is 397 g/mol. The molecule has 154 valence electrons. The molecule has 2 aliphatic heterocycles. The number of aryl methyl sites for hydroxylation is 1. The Balaban J connectivity index is 1.66. The second kappa shape index (κ2) is 7.86. The SMILES string of the molecule is N/C=C\N(N)c1ccc(-n2cc(CCCN)nc(N3CC4(COC4)C3)c2=O)cc1. The summed E-state index contributed by atoms with van der Waals surface area (Å²) >= 11 is 0. The van der Waals surface area contributed by atoms with Crippen molar-refractivity contribution in [3.8, 4) is 5.69 Å². The Morgan fingerprint density at radius 3 is 2.55 bits per heavy atom. The molecule has 2 aliphatic rings. The van der Waals surface area contributed by atoms with Crippen molar-refractivity contribution < 1.29 is 4.74 Å². The fraction of sp³-hybridized carbons (Fsp3) is 0.400. The minimum atomic E-state index is -0.129. The summed E-state index contributed by atoms with van der Waals surface area (Å²) in [6, 6.07) is 7.39. The van der Waals surface area contributed by atoms with E-state index in [-0.39, 0.29) is 11.0 Å². The summed E-state index contributed by atoms with van der Waals surface area (Å²) in [6.07, 6.45) is 6.26. The summed E-state index contributed by atoms with van der Waals surface area (Å²) in [4.78, 5) is 19.9. The maximum Gasteiger partial charge on any atom is 0.298 e. The predicted molar refractivity (Wildman–Crippen MR) is 113 cm³/mol. The Labute approximate surface area is 169 Å². The highest BCUT2D eigenvalue weighted by Crippen LogP contribution is 2.38. The van der Waals surface area contributed by atoms with Crippen LogP contribution >= 0.6 is 0 Å². The molecular weight excluding hydrogens is 370 g/mol. The molecule has 0 radical (unpaired) electrons. The molecule has 6 N–H and O–H groups in total. The van der Waals surface area contributed by atoms with Gasteiger partial charge in [0.05, 0.1) is 30.0 Å². The number of rotatable bonds is 7. The number of anilines is 2. The van der Waals surface area contributed by atoms with Gasteiger partial charge in [-0.2, -0.15) is 0 Å². The summed E-state index contributed by atoms with van der Waals surface area (Å²) < 4.78 is 6.99. The molecule has 2 fully saturated rings. The molecule has 2 saturated heterocycles. The summed E-state index contributed by atoms with van der Waals surface area (Å²) in [5, 5.41) is 1.41. The maximum absolute atomic E-state index is 13.2. The van der Waals surface area contributed by atoms with Gasteiger partial charge < -0.3 is 21.1 Å². The smallest absolute Gasteiger partial charge is 0.298 e. The third-order valence-corrected chi connectivity index (χ3v) is 5.42. The first-order valence-corrected chi connectivity index (χ1v) is 9.73. The number of hydrogen-bond acceptors (Lipinski definition) is 8. The summed E-state index contributed by atoms with van der Waals surface area (Å²) in [5.74, 6) is 6.39. The van der Waals surface area contributed by atoms with E-state index in [0.29, 0.717) is 12.4 Å². The molecule has 0 aliphatic carbocycles. The second-order valence-corrected chi connectivity index (χ2v) is 7.74. The van der Waals surface area contributed by atoms with Crippen LogP contribution in [0, 0.1) is 5.41 Å². The highest BCUT2D eigenvalue weighted by molar-refractivity contribution is 5.53. The number of aromatic nitrogens is 2. The van der Waals surface area contributed by atoms with Crippen molar-refractivity contribution in [1.82, 2.24) is 9.55 Å². The van der Waals surface area contributed by atoms with Crippen molar-refractivity contribution in [2.75, 3.05) is 42.8 Å². The third kappa shape index (κ3) is 3.71. The van der Waals surface area contributed by atoms with E-state index in [0.717, 1.165) is 56.2 Å². The lowest BCUT2D eigenvalue weighted by molar-refractivity contribution is -0.127. The highest BCUT2D eigenvalue weighted by atomic mass is 16.5. The maximum atomic E-state index is 13.2. The second-order valence-electron chi connectivity index (χ2n) is 7.74. The van der Waals surface area contributed by atoms with Crippen molar-refractivity contribution in [2.24, 2.45) is 22.7 Å². The van der Waals surface area contributed by atoms with Crippen LogP contribution in [0.1, 0.15) is 12.1 Å². The van der Waals surface area contributed by atoms with E-state index in [1.165, 1.54) is 11.2 Å². The van der Waals surface area contributed by atoms with Crippen LogP contribution in [0.3, 0.4) is 0 Å². The third-order valence-electron chi connectivity index (χ3n) is 5.42. The number of hydrazine groups is 1. The van der Waals surface area contributed by atoms with Crippen LogP contribution in [-0.4, -0.2) is 42.4 Å². The Morgan fingerprint density at radius 2 is 1.97 bits per heavy atom. The fourth-order valence-corrected chi connectivity index (χ4v) is 3.78. The normalized spacial score (nSPS) is 17.4. The number of nitrogens with two attached hydrogens (primary N) is 3. The predicted octanol–water partition coefficient (Wildman–Crippen LogP) is 0.0704. The lowest BCUT2D eigenvalue weighted by atomic mass is 9.78. The van der Waals surface area contributed by atoms with Gasteiger partial charge in [-0.05, 0) is 43.7 Å². The van der Waals surface area contributed by atoms with Crippen molar-refractivity contribution in [2.45, 2.75) is 12.8 Å². The minimum Gasteiger partial charge on any atom is -0.403 e. The molecule has 9 nitrogen and oxygen atoms in total. The molecule has 3 heterocycles. The van der Waals surface area contributed by atoms with Gasteiger partial charge in [-0.15, -0.1) is 0 Å². The lowest BCUT2D eigenvalue weighted by Gasteiger charge is -2.55. The van der Waals surface area contributed by atoms with Crippen LogP contribution < -0.4 is 32.8 Å². The Morgan fingerprint density at radius 1 is 1.24 bits per heavy atom. The molecule has 29 heavy (non-hydrogen) atoms. The molecule has 0 bridgehead atoms. The first-order valence-electron chi connectivity index (χ1n) is 9.73. The lowest BCUT2D eigenvalue weighted by Crippen LogP contribution is -2.67. The number of ether oxygens (including phenoxy) is 1. The zero-order valence-electron chi connectivity index (χ0n) is 16.3. The zero-order valence-corrected chi connectivity index (χ0v) is 16.3. The molecule has 0 amide bonds. The largest absolute Gasteiger partial charge is 0.403 e. The molecule has 9 heteroatoms. The minimum absolute atomic E-state index is 0.129. The quantitative estimate of drug-likeness (QED) is 0.442. The Kier molecular flexibility index (Phi) is 5.27. The number of benzene rings is 1. The van der Waals surface area contributed by atoms with Crippen LogP contribution in [0.2, 0.25) is 0 Å². The molecule has 1 spiro atoms. The molecule has 0 unspecified atom stereocenters. The topological polar surface area (TPSA) is 129 Å². The van der Waals surface area contributed by atoms with Crippen LogP contribution in [0.5, 0.6) is 0 Å².